The van der Waals surface area contributed by atoms with Crippen molar-refractivity contribution in [2.75, 3.05) is 30.4 Å². The van der Waals surface area contributed by atoms with E-state index in [1.807, 2.05) is 44.3 Å². The number of aryl methyl sites for hydroxylation is 1. The Hall–Kier alpha value is -3.48. The summed E-state index contributed by atoms with van der Waals surface area (Å²) in [4.78, 5) is 27.4. The molecule has 0 fully saturated rings. The first kappa shape index (κ1) is 20.3. The predicted octanol–water partition coefficient (Wildman–Crippen LogP) is 3.78. The minimum atomic E-state index is -0.365. The van der Waals surface area contributed by atoms with E-state index in [2.05, 4.69) is 25.2 Å². The first-order valence-corrected chi connectivity index (χ1v) is 9.55. The number of anilines is 3. The number of pyridine rings is 1. The fourth-order valence-corrected chi connectivity index (χ4v) is 2.89. The number of benzene rings is 1. The van der Waals surface area contributed by atoms with Crippen LogP contribution >= 0.6 is 0 Å². The molecule has 0 aliphatic carbocycles. The number of rotatable bonds is 8. The van der Waals surface area contributed by atoms with Crippen LogP contribution < -0.4 is 10.2 Å². The molecule has 3 aromatic rings. The molecule has 0 amide bonds. The Bertz CT molecular complexity index is 962. The Balaban J connectivity index is 1.77. The van der Waals surface area contributed by atoms with Crippen molar-refractivity contribution in [1.82, 2.24) is 15.0 Å². The highest BCUT2D eigenvalue weighted by Gasteiger charge is 2.14. The maximum absolute atomic E-state index is 12.2. The van der Waals surface area contributed by atoms with Gasteiger partial charge < -0.3 is 15.0 Å². The molecule has 0 spiro atoms. The minimum Gasteiger partial charge on any atom is -0.462 e. The molecule has 29 heavy (non-hydrogen) atoms. The zero-order valence-electron chi connectivity index (χ0n) is 16.9. The number of carbonyl (C=O) groups excluding carboxylic acids is 1. The molecule has 0 saturated carbocycles. The molecule has 0 aliphatic rings. The number of hydrogen-bond donors (Lipinski definition) is 1. The van der Waals surface area contributed by atoms with Gasteiger partial charge in [0.25, 0.3) is 0 Å². The highest BCUT2D eigenvalue weighted by atomic mass is 16.5. The van der Waals surface area contributed by atoms with Crippen molar-refractivity contribution in [3.8, 4) is 0 Å². The Morgan fingerprint density at radius 3 is 2.66 bits per heavy atom. The van der Waals surface area contributed by atoms with Crippen molar-refractivity contribution in [3.63, 3.8) is 0 Å². The summed E-state index contributed by atoms with van der Waals surface area (Å²) in [5.74, 6) is 1.72. The third-order valence-electron chi connectivity index (χ3n) is 4.39. The second kappa shape index (κ2) is 9.64. The average molecular weight is 391 g/mol. The van der Waals surface area contributed by atoms with E-state index >= 15 is 0 Å². The lowest BCUT2D eigenvalue weighted by Gasteiger charge is -2.20. The van der Waals surface area contributed by atoms with E-state index < -0.39 is 0 Å². The summed E-state index contributed by atoms with van der Waals surface area (Å²) in [6, 6.07) is 13.1. The third-order valence-corrected chi connectivity index (χ3v) is 4.39. The average Bonchev–Trinajstić information content (AvgIpc) is 2.73. The maximum Gasteiger partial charge on any atom is 0.340 e. The predicted molar refractivity (Wildman–Crippen MR) is 114 cm³/mol. The van der Waals surface area contributed by atoms with Gasteiger partial charge in [-0.2, -0.15) is 0 Å². The fourth-order valence-electron chi connectivity index (χ4n) is 2.89. The van der Waals surface area contributed by atoms with Gasteiger partial charge >= 0.3 is 5.97 Å². The number of carbonyl (C=O) groups is 1. The van der Waals surface area contributed by atoms with Gasteiger partial charge in [0.2, 0.25) is 0 Å². The molecule has 2 aromatic heterocycles. The normalized spacial score (nSPS) is 10.4. The zero-order chi connectivity index (χ0) is 20.6. The quantitative estimate of drug-likeness (QED) is 0.585. The van der Waals surface area contributed by atoms with Gasteiger partial charge in [0.05, 0.1) is 17.9 Å². The number of nitrogens with zero attached hydrogens (tertiary/aromatic N) is 4. The second-order valence-electron chi connectivity index (χ2n) is 6.58. The Morgan fingerprint density at radius 1 is 1.14 bits per heavy atom. The first-order chi connectivity index (χ1) is 14.1. The summed E-state index contributed by atoms with van der Waals surface area (Å²) < 4.78 is 5.14. The third kappa shape index (κ3) is 5.51. The van der Waals surface area contributed by atoms with Gasteiger partial charge in [-0.05, 0) is 50.1 Å². The molecule has 0 bridgehead atoms. The number of aromatic nitrogens is 3. The monoisotopic (exact) mass is 391 g/mol. The van der Waals surface area contributed by atoms with Crippen LogP contribution in [-0.4, -0.2) is 41.1 Å². The highest BCUT2D eigenvalue weighted by molar-refractivity contribution is 5.96. The smallest absolute Gasteiger partial charge is 0.340 e. The summed E-state index contributed by atoms with van der Waals surface area (Å²) in [5.41, 5.74) is 2.34. The molecule has 7 heteroatoms. The van der Waals surface area contributed by atoms with E-state index in [4.69, 9.17) is 4.74 Å². The van der Waals surface area contributed by atoms with Gasteiger partial charge in [-0.1, -0.05) is 12.1 Å². The molecule has 0 radical (unpaired) electrons. The van der Waals surface area contributed by atoms with E-state index in [0.29, 0.717) is 29.5 Å². The maximum atomic E-state index is 12.2. The van der Waals surface area contributed by atoms with Crippen LogP contribution in [-0.2, 0) is 11.2 Å². The minimum absolute atomic E-state index is 0.326. The topological polar surface area (TPSA) is 80.2 Å². The summed E-state index contributed by atoms with van der Waals surface area (Å²) in [7, 11) is 2.00. The summed E-state index contributed by atoms with van der Waals surface area (Å²) in [5, 5.41) is 3.23. The summed E-state index contributed by atoms with van der Waals surface area (Å²) >= 11 is 0. The lowest BCUT2D eigenvalue weighted by atomic mass is 10.2. The lowest BCUT2D eigenvalue weighted by molar-refractivity contribution is 0.0527. The molecule has 7 nitrogen and oxygen atoms in total. The molecule has 0 unspecified atom stereocenters. The zero-order valence-corrected chi connectivity index (χ0v) is 16.9. The van der Waals surface area contributed by atoms with Crippen LogP contribution in [0.15, 0.2) is 54.9 Å². The van der Waals surface area contributed by atoms with E-state index in [-0.39, 0.29) is 5.97 Å². The number of esters is 1. The van der Waals surface area contributed by atoms with Crippen molar-refractivity contribution < 1.29 is 9.53 Å². The van der Waals surface area contributed by atoms with Crippen LogP contribution in [0.2, 0.25) is 0 Å². The standard InChI is InChI=1S/C22H25N5O2/c1-4-29-22(28)18-7-5-6-8-19(18)26-20-15-21(25-16(2)24-20)27(3)14-11-17-9-12-23-13-10-17/h5-10,12-13,15H,4,11,14H2,1-3H3,(H,24,25,26). The molecule has 0 aliphatic heterocycles. The number of likely N-dealkylation sites (N-methyl/N-ethyl adjacent to an activating group) is 1. The molecular formula is C22H25N5O2. The van der Waals surface area contributed by atoms with E-state index in [1.54, 1.807) is 31.5 Å². The molecule has 3 rings (SSSR count). The van der Waals surface area contributed by atoms with Crippen molar-refractivity contribution in [2.24, 2.45) is 0 Å². The van der Waals surface area contributed by atoms with Crippen LogP contribution in [0.25, 0.3) is 0 Å². The Labute approximate surface area is 170 Å². The number of para-hydroxylation sites is 1. The summed E-state index contributed by atoms with van der Waals surface area (Å²) in [6.45, 7) is 4.77. The molecule has 0 atom stereocenters. The van der Waals surface area contributed by atoms with Crippen LogP contribution in [0.3, 0.4) is 0 Å². The highest BCUT2D eigenvalue weighted by Crippen LogP contribution is 2.23. The largest absolute Gasteiger partial charge is 0.462 e. The van der Waals surface area contributed by atoms with Gasteiger partial charge in [-0.3, -0.25) is 4.98 Å². The Morgan fingerprint density at radius 2 is 1.90 bits per heavy atom. The van der Waals surface area contributed by atoms with Crippen LogP contribution in [0, 0.1) is 6.92 Å². The van der Waals surface area contributed by atoms with Crippen molar-refractivity contribution in [1.29, 1.82) is 0 Å². The number of nitrogens with one attached hydrogen (secondary N) is 1. The summed E-state index contributed by atoms with van der Waals surface area (Å²) in [6.07, 6.45) is 4.48. The number of ether oxygens (including phenoxy) is 1. The van der Waals surface area contributed by atoms with Crippen molar-refractivity contribution in [2.45, 2.75) is 20.3 Å². The van der Waals surface area contributed by atoms with Gasteiger partial charge in [0.1, 0.15) is 17.5 Å². The molecule has 1 aromatic carbocycles. The SMILES string of the molecule is CCOC(=O)c1ccccc1Nc1cc(N(C)CCc2ccncc2)nc(C)n1. The molecular weight excluding hydrogens is 366 g/mol. The number of hydrogen-bond acceptors (Lipinski definition) is 7. The van der Waals surface area contributed by atoms with Gasteiger partial charge in [-0.15, -0.1) is 0 Å². The molecule has 2 heterocycles. The van der Waals surface area contributed by atoms with E-state index in [9.17, 15) is 4.79 Å². The van der Waals surface area contributed by atoms with E-state index in [0.717, 1.165) is 18.8 Å². The van der Waals surface area contributed by atoms with Crippen molar-refractivity contribution >= 4 is 23.3 Å². The van der Waals surface area contributed by atoms with Crippen LogP contribution in [0.5, 0.6) is 0 Å². The molecule has 1 N–H and O–H groups in total. The van der Waals surface area contributed by atoms with Crippen LogP contribution in [0.1, 0.15) is 28.7 Å². The van der Waals surface area contributed by atoms with Gasteiger partial charge in [0, 0.05) is 32.1 Å². The van der Waals surface area contributed by atoms with Crippen molar-refractivity contribution in [3.05, 3.63) is 71.8 Å². The first-order valence-electron chi connectivity index (χ1n) is 9.55. The van der Waals surface area contributed by atoms with E-state index in [1.165, 1.54) is 5.56 Å². The van der Waals surface area contributed by atoms with Gasteiger partial charge in [-0.25, -0.2) is 14.8 Å². The van der Waals surface area contributed by atoms with Gasteiger partial charge in [0.15, 0.2) is 0 Å². The molecule has 150 valence electrons. The lowest BCUT2D eigenvalue weighted by Crippen LogP contribution is -2.22. The van der Waals surface area contributed by atoms with Crippen LogP contribution in [0.4, 0.5) is 17.3 Å². The molecule has 0 saturated heterocycles. The fraction of sp³-hybridized carbons (Fsp3) is 0.273. The second-order valence-corrected chi connectivity index (χ2v) is 6.58. The Kier molecular flexibility index (Phi) is 6.73.